The van der Waals surface area contributed by atoms with E-state index in [1.807, 2.05) is 42.5 Å². The summed E-state index contributed by atoms with van der Waals surface area (Å²) in [6.45, 7) is 4.13. The quantitative estimate of drug-likeness (QED) is 0.913. The molecular formula is C19H21N5O. The highest BCUT2D eigenvalue weighted by Gasteiger charge is 2.51. The number of aromatic nitrogens is 2. The lowest BCUT2D eigenvalue weighted by molar-refractivity contribution is -0.0829. The van der Waals surface area contributed by atoms with Crippen LogP contribution in [-0.4, -0.2) is 52.9 Å². The summed E-state index contributed by atoms with van der Waals surface area (Å²) in [6.07, 6.45) is 2.43. The van der Waals surface area contributed by atoms with E-state index in [4.69, 9.17) is 4.74 Å². The standard InChI is InChI=1S/C19H21N5O/c1-2-4-14(5-3-1)16-6-7-17(23-22-16)21-18-20-12-19(25-18)13-24-10-8-15(19)9-11-24/h1-7,15H,8-13H2,(H,20,21,23)/t19-/m0/s1. The van der Waals surface area contributed by atoms with Crippen molar-refractivity contribution < 1.29 is 4.74 Å². The van der Waals surface area contributed by atoms with Crippen LogP contribution < -0.4 is 5.32 Å². The summed E-state index contributed by atoms with van der Waals surface area (Å²) >= 11 is 0. The van der Waals surface area contributed by atoms with Gasteiger partial charge in [-0.1, -0.05) is 30.3 Å². The molecule has 2 bridgehead atoms. The molecule has 1 aromatic heterocycles. The minimum absolute atomic E-state index is 0.129. The van der Waals surface area contributed by atoms with Crippen molar-refractivity contribution in [3.05, 3.63) is 42.5 Å². The number of hydrogen-bond acceptors (Lipinski definition) is 6. The summed E-state index contributed by atoms with van der Waals surface area (Å²) in [6, 6.07) is 14.5. The molecule has 0 aliphatic carbocycles. The van der Waals surface area contributed by atoms with Gasteiger partial charge in [0.25, 0.3) is 6.02 Å². The van der Waals surface area contributed by atoms with Crippen molar-refractivity contribution in [3.8, 4) is 11.3 Å². The molecule has 3 fully saturated rings. The number of aliphatic imine (C=N–C) groups is 1. The van der Waals surface area contributed by atoms with Gasteiger partial charge in [-0.25, -0.2) is 4.99 Å². The Bertz CT molecular complexity index is 783. The fourth-order valence-electron chi connectivity index (χ4n) is 4.22. The average Bonchev–Trinajstić information content (AvgIpc) is 3.06. The van der Waals surface area contributed by atoms with E-state index in [1.54, 1.807) is 0 Å². The van der Waals surface area contributed by atoms with Crippen molar-refractivity contribution in [3.63, 3.8) is 0 Å². The Morgan fingerprint density at radius 3 is 2.56 bits per heavy atom. The third kappa shape index (κ3) is 2.66. The Kier molecular flexibility index (Phi) is 3.45. The number of piperidine rings is 3. The van der Waals surface area contributed by atoms with Crippen molar-refractivity contribution in [2.24, 2.45) is 10.9 Å². The molecule has 0 amide bonds. The van der Waals surface area contributed by atoms with Gasteiger partial charge in [0.2, 0.25) is 0 Å². The predicted molar refractivity (Wildman–Crippen MR) is 96.4 cm³/mol. The van der Waals surface area contributed by atoms with Crippen LogP contribution in [0.2, 0.25) is 0 Å². The number of anilines is 1. The molecule has 6 heteroatoms. The predicted octanol–water partition coefficient (Wildman–Crippen LogP) is 2.41. The number of rotatable bonds is 2. The molecule has 0 radical (unpaired) electrons. The molecule has 1 N–H and O–H groups in total. The van der Waals surface area contributed by atoms with Gasteiger partial charge in [-0.15, -0.1) is 10.2 Å². The maximum Gasteiger partial charge on any atom is 0.291 e. The normalized spacial score (nSPS) is 30.2. The van der Waals surface area contributed by atoms with Gasteiger partial charge in [0.15, 0.2) is 5.82 Å². The Morgan fingerprint density at radius 1 is 1.04 bits per heavy atom. The fourth-order valence-corrected chi connectivity index (χ4v) is 4.22. The Labute approximate surface area is 146 Å². The van der Waals surface area contributed by atoms with E-state index in [9.17, 15) is 0 Å². The largest absolute Gasteiger partial charge is 0.455 e. The van der Waals surface area contributed by atoms with Gasteiger partial charge in [-0.2, -0.15) is 0 Å². The topological polar surface area (TPSA) is 62.6 Å². The molecule has 6 nitrogen and oxygen atoms in total. The van der Waals surface area contributed by atoms with Crippen LogP contribution in [-0.2, 0) is 4.74 Å². The number of fused-ring (bicyclic) bond motifs is 2. The number of nitrogens with one attached hydrogen (secondary N) is 1. The Morgan fingerprint density at radius 2 is 1.88 bits per heavy atom. The van der Waals surface area contributed by atoms with Crippen molar-refractivity contribution >= 4 is 11.8 Å². The van der Waals surface area contributed by atoms with Crippen LogP contribution in [0, 0.1) is 5.92 Å². The van der Waals surface area contributed by atoms with Crippen molar-refractivity contribution in [1.82, 2.24) is 15.1 Å². The van der Waals surface area contributed by atoms with E-state index in [2.05, 4.69) is 25.4 Å². The third-order valence-corrected chi connectivity index (χ3v) is 5.58. The van der Waals surface area contributed by atoms with Crippen LogP contribution in [0.4, 0.5) is 5.82 Å². The highest BCUT2D eigenvalue weighted by atomic mass is 16.5. The van der Waals surface area contributed by atoms with Crippen LogP contribution in [0.3, 0.4) is 0 Å². The number of ether oxygens (including phenoxy) is 1. The minimum Gasteiger partial charge on any atom is -0.455 e. The van der Waals surface area contributed by atoms with Crippen LogP contribution in [0.25, 0.3) is 11.3 Å². The zero-order valence-electron chi connectivity index (χ0n) is 14.1. The first-order valence-electron chi connectivity index (χ1n) is 8.93. The Hall–Kier alpha value is -2.47. The molecule has 6 rings (SSSR count). The number of benzene rings is 1. The summed E-state index contributed by atoms with van der Waals surface area (Å²) < 4.78 is 6.27. The van der Waals surface area contributed by atoms with Gasteiger partial charge in [-0.05, 0) is 38.1 Å². The smallest absolute Gasteiger partial charge is 0.291 e. The lowest BCUT2D eigenvalue weighted by Gasteiger charge is -2.50. The zero-order valence-corrected chi connectivity index (χ0v) is 14.1. The summed E-state index contributed by atoms with van der Waals surface area (Å²) in [5.74, 6) is 1.28. The molecule has 2 aromatic rings. The summed E-state index contributed by atoms with van der Waals surface area (Å²) in [5, 5.41) is 11.8. The molecule has 5 heterocycles. The van der Waals surface area contributed by atoms with Crippen LogP contribution >= 0.6 is 0 Å². The molecule has 4 aliphatic rings. The Balaban J connectivity index is 1.27. The first-order valence-corrected chi connectivity index (χ1v) is 8.93. The van der Waals surface area contributed by atoms with Crippen LogP contribution in [0.1, 0.15) is 12.8 Å². The van der Waals surface area contributed by atoms with Gasteiger partial charge in [0, 0.05) is 18.0 Å². The molecule has 1 spiro atoms. The lowest BCUT2D eigenvalue weighted by atomic mass is 9.75. The molecule has 128 valence electrons. The number of hydrogen-bond donors (Lipinski definition) is 1. The zero-order chi connectivity index (χ0) is 16.7. The third-order valence-electron chi connectivity index (χ3n) is 5.58. The average molecular weight is 335 g/mol. The second-order valence-corrected chi connectivity index (χ2v) is 7.13. The summed E-state index contributed by atoms with van der Waals surface area (Å²) in [5.41, 5.74) is 1.78. The van der Waals surface area contributed by atoms with Gasteiger partial charge in [0.05, 0.1) is 12.2 Å². The monoisotopic (exact) mass is 335 g/mol. The van der Waals surface area contributed by atoms with Gasteiger partial charge in [-0.3, -0.25) is 10.2 Å². The summed E-state index contributed by atoms with van der Waals surface area (Å²) in [4.78, 5) is 7.09. The maximum absolute atomic E-state index is 6.27. The molecule has 0 saturated carbocycles. The molecule has 25 heavy (non-hydrogen) atoms. The van der Waals surface area contributed by atoms with E-state index < -0.39 is 0 Å². The molecule has 1 aromatic carbocycles. The molecular weight excluding hydrogens is 314 g/mol. The van der Waals surface area contributed by atoms with Crippen molar-refractivity contribution in [1.29, 1.82) is 0 Å². The molecule has 3 saturated heterocycles. The number of nitrogens with zero attached hydrogens (tertiary/aromatic N) is 4. The first-order chi connectivity index (χ1) is 12.3. The van der Waals surface area contributed by atoms with E-state index in [0.717, 1.165) is 24.3 Å². The van der Waals surface area contributed by atoms with Crippen LogP contribution in [0.5, 0.6) is 0 Å². The van der Waals surface area contributed by atoms with Crippen LogP contribution in [0.15, 0.2) is 47.5 Å². The van der Waals surface area contributed by atoms with Crippen molar-refractivity contribution in [2.45, 2.75) is 18.4 Å². The fraction of sp³-hybridized carbons (Fsp3) is 0.421. The number of amidine groups is 1. The molecule has 1 atom stereocenters. The maximum atomic E-state index is 6.27. The molecule has 0 unspecified atom stereocenters. The highest BCUT2D eigenvalue weighted by molar-refractivity contribution is 5.89. The van der Waals surface area contributed by atoms with E-state index in [1.165, 1.54) is 25.9 Å². The molecule has 4 aliphatic heterocycles. The minimum atomic E-state index is -0.129. The highest BCUT2D eigenvalue weighted by Crippen LogP contribution is 2.40. The second-order valence-electron chi connectivity index (χ2n) is 7.13. The van der Waals surface area contributed by atoms with Gasteiger partial charge >= 0.3 is 0 Å². The lowest BCUT2D eigenvalue weighted by Crippen LogP contribution is -2.61. The van der Waals surface area contributed by atoms with Crippen molar-refractivity contribution in [2.75, 3.05) is 31.5 Å². The SMILES string of the molecule is c1ccc(-c2ccc(NC3=NC[C@@]4(CN5CCC4CC5)O3)nn2)cc1. The second kappa shape index (κ2) is 5.81. The summed E-state index contributed by atoms with van der Waals surface area (Å²) in [7, 11) is 0. The van der Waals surface area contributed by atoms with E-state index in [-0.39, 0.29) is 5.60 Å². The van der Waals surface area contributed by atoms with Gasteiger partial charge in [0.1, 0.15) is 5.60 Å². The van der Waals surface area contributed by atoms with Gasteiger partial charge < -0.3 is 4.74 Å². The first kappa shape index (κ1) is 14.8. The van der Waals surface area contributed by atoms with E-state index in [0.29, 0.717) is 17.8 Å². The van der Waals surface area contributed by atoms with E-state index >= 15 is 0 Å².